The van der Waals surface area contributed by atoms with Crippen LogP contribution in [-0.4, -0.2) is 5.91 Å². The monoisotopic (exact) mass is 218 g/mol. The third kappa shape index (κ3) is 2.69. The van der Waals surface area contributed by atoms with E-state index in [0.717, 1.165) is 0 Å². The van der Waals surface area contributed by atoms with Gasteiger partial charge in [0, 0.05) is 24.1 Å². The van der Waals surface area contributed by atoms with Gasteiger partial charge in [-0.05, 0) is 6.07 Å². The topological polar surface area (TPSA) is 69.1 Å². The number of carbonyl (C=O) groups excluding carboxylic acids is 1. The van der Waals surface area contributed by atoms with E-state index >= 15 is 0 Å². The highest BCUT2D eigenvalue weighted by Gasteiger charge is 2.17. The van der Waals surface area contributed by atoms with Gasteiger partial charge in [-0.25, -0.2) is 13.2 Å². The molecule has 6 heteroatoms. The van der Waals surface area contributed by atoms with Crippen molar-refractivity contribution in [1.82, 2.24) is 0 Å². The summed E-state index contributed by atoms with van der Waals surface area (Å²) in [6.45, 7) is 0. The molecule has 1 aromatic rings. The lowest BCUT2D eigenvalue weighted by Crippen LogP contribution is -2.21. The van der Waals surface area contributed by atoms with E-state index in [1.54, 1.807) is 0 Å². The fourth-order valence-corrected chi connectivity index (χ4v) is 1.15. The number of carbonyl (C=O) groups is 1. The number of amides is 1. The summed E-state index contributed by atoms with van der Waals surface area (Å²) in [5.41, 5.74) is 9.95. The predicted octanol–water partition coefficient (Wildman–Crippen LogP) is 0.979. The first-order valence-electron chi connectivity index (χ1n) is 4.10. The van der Waals surface area contributed by atoms with Crippen molar-refractivity contribution in [2.24, 2.45) is 11.5 Å². The van der Waals surface area contributed by atoms with Gasteiger partial charge in [0.2, 0.25) is 5.91 Å². The van der Waals surface area contributed by atoms with E-state index in [1.165, 1.54) is 0 Å². The number of rotatable bonds is 3. The third-order valence-electron chi connectivity index (χ3n) is 1.86. The molecule has 0 aliphatic rings. The van der Waals surface area contributed by atoms with E-state index in [-0.39, 0.29) is 12.0 Å². The molecule has 0 bridgehead atoms. The number of primary amides is 1. The van der Waals surface area contributed by atoms with Gasteiger partial charge >= 0.3 is 0 Å². The first-order valence-corrected chi connectivity index (χ1v) is 4.10. The average molecular weight is 218 g/mol. The zero-order valence-electron chi connectivity index (χ0n) is 7.64. The summed E-state index contributed by atoms with van der Waals surface area (Å²) in [6, 6.07) is -0.0679. The molecule has 0 aliphatic heterocycles. The smallest absolute Gasteiger partial charge is 0.219 e. The maximum Gasteiger partial charge on any atom is 0.219 e. The maximum atomic E-state index is 13.1. The van der Waals surface area contributed by atoms with Gasteiger partial charge in [0.05, 0.1) is 0 Å². The summed E-state index contributed by atoms with van der Waals surface area (Å²) in [7, 11) is 0. The van der Waals surface area contributed by atoms with E-state index in [4.69, 9.17) is 11.5 Å². The number of hydrogen-bond donors (Lipinski definition) is 2. The van der Waals surface area contributed by atoms with Crippen LogP contribution in [0.4, 0.5) is 13.2 Å². The normalized spacial score (nSPS) is 12.5. The summed E-state index contributed by atoms with van der Waals surface area (Å²) in [5.74, 6) is -4.26. The molecule has 0 aromatic heterocycles. The summed E-state index contributed by atoms with van der Waals surface area (Å²) in [5, 5.41) is 0. The molecule has 1 aromatic carbocycles. The second-order valence-electron chi connectivity index (χ2n) is 3.06. The molecule has 0 heterocycles. The Kier molecular flexibility index (Phi) is 3.31. The van der Waals surface area contributed by atoms with Crippen molar-refractivity contribution < 1.29 is 18.0 Å². The fraction of sp³-hybridized carbons (Fsp3) is 0.222. The molecule has 1 amide bonds. The number of nitrogens with two attached hydrogens (primary N) is 2. The Morgan fingerprint density at radius 1 is 1.20 bits per heavy atom. The standard InChI is InChI=1S/C9H9F3N2O/c10-5-2-7(12)6(11)1-4(5)8(13)3-9(14)15/h1-2,8H,3,13H2,(H2,14,15)/t8-/m0/s1. The third-order valence-corrected chi connectivity index (χ3v) is 1.86. The van der Waals surface area contributed by atoms with Crippen LogP contribution >= 0.6 is 0 Å². The summed E-state index contributed by atoms with van der Waals surface area (Å²) >= 11 is 0. The molecule has 1 atom stereocenters. The van der Waals surface area contributed by atoms with Gasteiger partial charge in [-0.3, -0.25) is 4.79 Å². The Hall–Kier alpha value is -1.56. The lowest BCUT2D eigenvalue weighted by molar-refractivity contribution is -0.118. The van der Waals surface area contributed by atoms with E-state index in [0.29, 0.717) is 12.1 Å². The van der Waals surface area contributed by atoms with Crippen LogP contribution in [-0.2, 0) is 4.79 Å². The predicted molar refractivity (Wildman–Crippen MR) is 47.1 cm³/mol. The largest absolute Gasteiger partial charge is 0.370 e. The Balaban J connectivity index is 3.03. The molecule has 0 fully saturated rings. The summed E-state index contributed by atoms with van der Waals surface area (Å²) in [4.78, 5) is 10.5. The molecule has 0 radical (unpaired) electrons. The van der Waals surface area contributed by atoms with Gasteiger partial charge in [0.15, 0.2) is 11.6 Å². The van der Waals surface area contributed by atoms with E-state index in [2.05, 4.69) is 0 Å². The first kappa shape index (κ1) is 11.5. The molecule has 4 N–H and O–H groups in total. The lowest BCUT2D eigenvalue weighted by atomic mass is 10.0. The van der Waals surface area contributed by atoms with Gasteiger partial charge in [-0.15, -0.1) is 0 Å². The molecule has 1 rings (SSSR count). The van der Waals surface area contributed by atoms with Gasteiger partial charge in [0.25, 0.3) is 0 Å². The average Bonchev–Trinajstić information content (AvgIpc) is 2.09. The minimum atomic E-state index is -1.30. The molecule has 0 saturated heterocycles. The van der Waals surface area contributed by atoms with Gasteiger partial charge < -0.3 is 11.5 Å². The molecular weight excluding hydrogens is 209 g/mol. The Morgan fingerprint density at radius 3 is 2.27 bits per heavy atom. The minimum Gasteiger partial charge on any atom is -0.370 e. The second kappa shape index (κ2) is 4.31. The molecule has 15 heavy (non-hydrogen) atoms. The zero-order valence-corrected chi connectivity index (χ0v) is 7.64. The molecule has 0 spiro atoms. The summed E-state index contributed by atoms with van der Waals surface area (Å²) in [6.07, 6.45) is -0.331. The van der Waals surface area contributed by atoms with Crippen molar-refractivity contribution in [2.45, 2.75) is 12.5 Å². The van der Waals surface area contributed by atoms with Crippen molar-refractivity contribution in [3.8, 4) is 0 Å². The maximum absolute atomic E-state index is 13.1. The van der Waals surface area contributed by atoms with E-state index in [1.807, 2.05) is 0 Å². The second-order valence-corrected chi connectivity index (χ2v) is 3.06. The zero-order chi connectivity index (χ0) is 11.6. The van der Waals surface area contributed by atoms with Crippen LogP contribution in [0.15, 0.2) is 12.1 Å². The van der Waals surface area contributed by atoms with E-state index in [9.17, 15) is 18.0 Å². The van der Waals surface area contributed by atoms with Crippen LogP contribution in [0.25, 0.3) is 0 Å². The Morgan fingerprint density at radius 2 is 1.73 bits per heavy atom. The van der Waals surface area contributed by atoms with Gasteiger partial charge in [-0.1, -0.05) is 0 Å². The van der Waals surface area contributed by atoms with Crippen molar-refractivity contribution in [2.75, 3.05) is 0 Å². The van der Waals surface area contributed by atoms with E-state index < -0.39 is 29.4 Å². The number of benzene rings is 1. The highest BCUT2D eigenvalue weighted by atomic mass is 19.2. The van der Waals surface area contributed by atoms with Crippen LogP contribution in [0.2, 0.25) is 0 Å². The van der Waals surface area contributed by atoms with Crippen LogP contribution in [0, 0.1) is 17.5 Å². The van der Waals surface area contributed by atoms with Crippen LogP contribution in [0.1, 0.15) is 18.0 Å². The van der Waals surface area contributed by atoms with Gasteiger partial charge in [0.1, 0.15) is 5.82 Å². The van der Waals surface area contributed by atoms with Crippen molar-refractivity contribution in [3.05, 3.63) is 35.1 Å². The Bertz CT molecular complexity index is 395. The quantitative estimate of drug-likeness (QED) is 0.742. The number of halogens is 3. The summed E-state index contributed by atoms with van der Waals surface area (Å²) < 4.78 is 38.4. The first-order chi connectivity index (χ1) is 6.91. The van der Waals surface area contributed by atoms with Crippen molar-refractivity contribution in [3.63, 3.8) is 0 Å². The Labute approximate surface area is 83.9 Å². The molecule has 0 aliphatic carbocycles. The van der Waals surface area contributed by atoms with Crippen LogP contribution in [0.5, 0.6) is 0 Å². The van der Waals surface area contributed by atoms with Crippen LogP contribution < -0.4 is 11.5 Å². The highest BCUT2D eigenvalue weighted by molar-refractivity contribution is 5.74. The van der Waals surface area contributed by atoms with Crippen LogP contribution in [0.3, 0.4) is 0 Å². The van der Waals surface area contributed by atoms with Crippen molar-refractivity contribution >= 4 is 5.91 Å². The molecule has 3 nitrogen and oxygen atoms in total. The van der Waals surface area contributed by atoms with Crippen molar-refractivity contribution in [1.29, 1.82) is 0 Å². The molecule has 82 valence electrons. The minimum absolute atomic E-state index is 0.271. The lowest BCUT2D eigenvalue weighted by Gasteiger charge is -2.11. The van der Waals surface area contributed by atoms with Gasteiger partial charge in [-0.2, -0.15) is 0 Å². The highest BCUT2D eigenvalue weighted by Crippen LogP contribution is 2.20. The number of hydrogen-bond acceptors (Lipinski definition) is 2. The molecule has 0 unspecified atom stereocenters. The molecule has 0 saturated carbocycles. The molecular formula is C9H9F3N2O. The fourth-order valence-electron chi connectivity index (χ4n) is 1.15. The SMILES string of the molecule is NC(=O)C[C@H](N)c1cc(F)c(F)cc1F.